The maximum absolute atomic E-state index is 14.5. The van der Waals surface area contributed by atoms with Gasteiger partial charge in [-0.25, -0.2) is 19.3 Å². The first-order valence-corrected chi connectivity index (χ1v) is 10.9. The molecule has 0 unspecified atom stereocenters. The SMILES string of the molecule is CC1(O)CCN(c2cc(Nc3cc(Nc4c(F)cc(C#N)cc4Cl)c(C=N)cn3)ncn2)CC1. The number of nitrogens with zero attached hydrogens (tertiary/aromatic N) is 5. The van der Waals surface area contributed by atoms with Gasteiger partial charge in [0, 0.05) is 43.2 Å². The molecule has 1 aliphatic rings. The Morgan fingerprint density at radius 2 is 1.91 bits per heavy atom. The van der Waals surface area contributed by atoms with Crippen molar-refractivity contribution in [3.05, 3.63) is 58.8 Å². The standard InChI is InChI=1S/C23H22ClFN8O/c1-23(34)2-4-33(5-3-23)21-9-20(29-13-30-21)32-19-8-18(15(11-27)12-28-19)31-22-16(24)6-14(10-26)7-17(22)25/h6-9,11-13,27,34H,2-5H2,1H3,(H2,28,29,30,31,32). The summed E-state index contributed by atoms with van der Waals surface area (Å²) in [5, 5.41) is 32.8. The van der Waals surface area contributed by atoms with E-state index < -0.39 is 11.4 Å². The number of piperidine rings is 1. The van der Waals surface area contributed by atoms with Crippen molar-refractivity contribution in [2.45, 2.75) is 25.4 Å². The molecule has 0 aliphatic carbocycles. The van der Waals surface area contributed by atoms with Gasteiger partial charge in [0.15, 0.2) is 0 Å². The second-order valence-corrected chi connectivity index (χ2v) is 8.63. The molecule has 1 saturated heterocycles. The van der Waals surface area contributed by atoms with E-state index in [1.807, 2.05) is 13.0 Å². The summed E-state index contributed by atoms with van der Waals surface area (Å²) in [6, 6.07) is 7.69. The molecule has 11 heteroatoms. The maximum atomic E-state index is 14.5. The van der Waals surface area contributed by atoms with Crippen LogP contribution in [0.2, 0.25) is 5.02 Å². The molecule has 0 saturated carbocycles. The average molecular weight is 481 g/mol. The first-order chi connectivity index (χ1) is 16.3. The van der Waals surface area contributed by atoms with Crippen LogP contribution in [0.15, 0.2) is 36.8 Å². The smallest absolute Gasteiger partial charge is 0.149 e. The number of hydrogen-bond acceptors (Lipinski definition) is 9. The number of hydrogen-bond donors (Lipinski definition) is 4. The number of rotatable bonds is 6. The highest BCUT2D eigenvalue weighted by atomic mass is 35.5. The summed E-state index contributed by atoms with van der Waals surface area (Å²) < 4.78 is 14.5. The lowest BCUT2D eigenvalue weighted by atomic mass is 9.94. The normalized spacial score (nSPS) is 14.9. The van der Waals surface area contributed by atoms with Crippen molar-refractivity contribution in [3.63, 3.8) is 0 Å². The molecule has 34 heavy (non-hydrogen) atoms. The fourth-order valence-corrected chi connectivity index (χ4v) is 3.84. The van der Waals surface area contributed by atoms with Gasteiger partial charge in [-0.1, -0.05) is 11.6 Å². The van der Waals surface area contributed by atoms with Crippen LogP contribution in [0.5, 0.6) is 0 Å². The summed E-state index contributed by atoms with van der Waals surface area (Å²) >= 11 is 6.16. The molecule has 4 rings (SSSR count). The topological polar surface area (TPSA) is 134 Å². The predicted molar refractivity (Wildman–Crippen MR) is 129 cm³/mol. The molecule has 0 amide bonds. The third-order valence-corrected chi connectivity index (χ3v) is 5.89. The lowest BCUT2D eigenvalue weighted by Gasteiger charge is -2.36. The molecule has 0 atom stereocenters. The highest BCUT2D eigenvalue weighted by molar-refractivity contribution is 6.33. The van der Waals surface area contributed by atoms with Gasteiger partial charge in [-0.2, -0.15) is 5.26 Å². The molecule has 2 aromatic heterocycles. The third-order valence-electron chi connectivity index (χ3n) is 5.59. The minimum atomic E-state index is -0.688. The van der Waals surface area contributed by atoms with Crippen molar-refractivity contribution in [1.29, 1.82) is 10.7 Å². The Morgan fingerprint density at radius 3 is 2.59 bits per heavy atom. The van der Waals surface area contributed by atoms with Crippen LogP contribution in [0.25, 0.3) is 0 Å². The largest absolute Gasteiger partial charge is 0.390 e. The molecular weight excluding hydrogens is 459 g/mol. The fourth-order valence-electron chi connectivity index (χ4n) is 3.59. The van der Waals surface area contributed by atoms with E-state index in [0.29, 0.717) is 48.8 Å². The van der Waals surface area contributed by atoms with Crippen LogP contribution < -0.4 is 15.5 Å². The van der Waals surface area contributed by atoms with E-state index in [0.717, 1.165) is 18.1 Å². The number of nitrogens with one attached hydrogen (secondary N) is 3. The first kappa shape index (κ1) is 23.4. The molecule has 174 valence electrons. The van der Waals surface area contributed by atoms with Gasteiger partial charge in [-0.05, 0) is 31.9 Å². The van der Waals surface area contributed by atoms with E-state index in [-0.39, 0.29) is 16.3 Å². The zero-order valence-corrected chi connectivity index (χ0v) is 19.1. The van der Waals surface area contributed by atoms with Crippen LogP contribution in [0.1, 0.15) is 30.9 Å². The Balaban J connectivity index is 1.56. The Hall–Kier alpha value is -3.81. The maximum Gasteiger partial charge on any atom is 0.149 e. The van der Waals surface area contributed by atoms with Gasteiger partial charge in [0.25, 0.3) is 0 Å². The lowest BCUT2D eigenvalue weighted by molar-refractivity contribution is 0.0350. The van der Waals surface area contributed by atoms with Gasteiger partial charge >= 0.3 is 0 Å². The van der Waals surface area contributed by atoms with Crippen LogP contribution >= 0.6 is 11.6 Å². The zero-order valence-electron chi connectivity index (χ0n) is 18.3. The van der Waals surface area contributed by atoms with E-state index in [1.165, 1.54) is 18.6 Å². The number of aliphatic hydroxyl groups is 1. The van der Waals surface area contributed by atoms with Crippen LogP contribution in [0.3, 0.4) is 0 Å². The van der Waals surface area contributed by atoms with Gasteiger partial charge in [0.05, 0.1) is 33.6 Å². The summed E-state index contributed by atoms with van der Waals surface area (Å²) in [5.74, 6) is 0.955. The molecule has 1 aliphatic heterocycles. The quantitative estimate of drug-likeness (QED) is 0.382. The van der Waals surface area contributed by atoms with Crippen LogP contribution in [0.4, 0.5) is 33.2 Å². The van der Waals surface area contributed by atoms with E-state index >= 15 is 0 Å². The molecule has 1 aromatic carbocycles. The number of halogens is 2. The van der Waals surface area contributed by atoms with Crippen molar-refractivity contribution in [1.82, 2.24) is 15.0 Å². The highest BCUT2D eigenvalue weighted by Gasteiger charge is 2.28. The van der Waals surface area contributed by atoms with Crippen molar-refractivity contribution in [2.24, 2.45) is 0 Å². The van der Waals surface area contributed by atoms with E-state index in [4.69, 9.17) is 22.3 Å². The number of nitriles is 1. The molecule has 1 fully saturated rings. The van der Waals surface area contributed by atoms with Crippen molar-refractivity contribution in [2.75, 3.05) is 28.6 Å². The van der Waals surface area contributed by atoms with E-state index in [1.54, 1.807) is 12.1 Å². The summed E-state index contributed by atoms with van der Waals surface area (Å²) in [4.78, 5) is 15.0. The number of pyridine rings is 1. The molecule has 4 N–H and O–H groups in total. The Morgan fingerprint density at radius 1 is 1.18 bits per heavy atom. The summed E-state index contributed by atoms with van der Waals surface area (Å²) in [6.45, 7) is 3.20. The Labute approximate surface area is 200 Å². The highest BCUT2D eigenvalue weighted by Crippen LogP contribution is 2.32. The Kier molecular flexibility index (Phi) is 6.58. The second-order valence-electron chi connectivity index (χ2n) is 8.22. The number of benzene rings is 1. The van der Waals surface area contributed by atoms with Crippen LogP contribution in [0, 0.1) is 22.6 Å². The molecule has 3 heterocycles. The average Bonchev–Trinajstić information content (AvgIpc) is 2.81. The molecule has 3 aromatic rings. The number of anilines is 5. The van der Waals surface area contributed by atoms with Crippen molar-refractivity contribution >= 4 is 46.6 Å². The summed E-state index contributed by atoms with van der Waals surface area (Å²) in [5.41, 5.74) is 0.242. The first-order valence-electron chi connectivity index (χ1n) is 10.5. The van der Waals surface area contributed by atoms with Crippen molar-refractivity contribution < 1.29 is 9.50 Å². The molecule has 0 bridgehead atoms. The predicted octanol–water partition coefficient (Wildman–Crippen LogP) is 4.37. The van der Waals surface area contributed by atoms with E-state index in [9.17, 15) is 9.50 Å². The van der Waals surface area contributed by atoms with Gasteiger partial charge in [-0.15, -0.1) is 0 Å². The van der Waals surface area contributed by atoms with Crippen LogP contribution in [-0.4, -0.2) is 45.0 Å². The minimum Gasteiger partial charge on any atom is -0.390 e. The monoisotopic (exact) mass is 480 g/mol. The van der Waals surface area contributed by atoms with Crippen molar-refractivity contribution in [3.8, 4) is 6.07 Å². The fraction of sp³-hybridized carbons (Fsp3) is 0.261. The summed E-state index contributed by atoms with van der Waals surface area (Å²) in [6.07, 6.45) is 5.29. The summed E-state index contributed by atoms with van der Waals surface area (Å²) in [7, 11) is 0. The third kappa shape index (κ3) is 5.22. The molecule has 0 spiro atoms. The number of aromatic nitrogens is 3. The lowest BCUT2D eigenvalue weighted by Crippen LogP contribution is -2.42. The molecular formula is C23H22ClFN8O. The van der Waals surface area contributed by atoms with Gasteiger partial charge < -0.3 is 26.0 Å². The van der Waals surface area contributed by atoms with Crippen LogP contribution in [-0.2, 0) is 0 Å². The second kappa shape index (κ2) is 9.59. The van der Waals surface area contributed by atoms with Gasteiger partial charge in [0.1, 0.15) is 29.6 Å². The van der Waals surface area contributed by atoms with E-state index in [2.05, 4.69) is 30.5 Å². The Bertz CT molecular complexity index is 1240. The van der Waals surface area contributed by atoms with Gasteiger partial charge in [0.2, 0.25) is 0 Å². The molecule has 0 radical (unpaired) electrons. The van der Waals surface area contributed by atoms with Gasteiger partial charge in [-0.3, -0.25) is 0 Å². The molecule has 9 nitrogen and oxygen atoms in total. The zero-order chi connectivity index (χ0) is 24.3. The minimum absolute atomic E-state index is 0.00813.